The maximum Gasteiger partial charge on any atom is 0.312 e. The lowest BCUT2D eigenvalue weighted by Gasteiger charge is -2.34. The second-order valence-electron chi connectivity index (χ2n) is 9.32. The van der Waals surface area contributed by atoms with Crippen molar-refractivity contribution in [1.29, 1.82) is 0 Å². The van der Waals surface area contributed by atoms with E-state index >= 15 is 0 Å². The van der Waals surface area contributed by atoms with Gasteiger partial charge in [0.25, 0.3) is 5.91 Å². The van der Waals surface area contributed by atoms with E-state index in [1.54, 1.807) is 15.8 Å². The predicted molar refractivity (Wildman–Crippen MR) is 132 cm³/mol. The van der Waals surface area contributed by atoms with Gasteiger partial charge in [0.05, 0.1) is 11.3 Å². The Bertz CT molecular complexity index is 1270. The number of rotatable bonds is 4. The number of carbonyl (C=O) groups excluding carboxylic acids is 3. The molecule has 5 rings (SSSR count). The molecule has 1 saturated carbocycles. The summed E-state index contributed by atoms with van der Waals surface area (Å²) < 4.78 is 1.74. The largest absolute Gasteiger partial charge is 0.345 e. The molecule has 1 aromatic heterocycles. The van der Waals surface area contributed by atoms with Gasteiger partial charge in [-0.25, -0.2) is 4.68 Å². The molecule has 2 aromatic carbocycles. The molecule has 8 nitrogen and oxygen atoms in total. The van der Waals surface area contributed by atoms with Crippen LogP contribution < -0.4 is 5.32 Å². The van der Waals surface area contributed by atoms with Crippen molar-refractivity contribution in [2.75, 3.05) is 26.2 Å². The molecule has 2 fully saturated rings. The van der Waals surface area contributed by atoms with Gasteiger partial charge in [-0.05, 0) is 44.4 Å². The summed E-state index contributed by atoms with van der Waals surface area (Å²) >= 11 is 0. The Balaban J connectivity index is 1.38. The lowest BCUT2D eigenvalue weighted by molar-refractivity contribution is -0.146. The number of carbonyl (C=O) groups is 3. The molecule has 1 aliphatic carbocycles. The first-order chi connectivity index (χ1) is 16.9. The molecule has 0 atom stereocenters. The molecule has 1 saturated heterocycles. The zero-order valence-corrected chi connectivity index (χ0v) is 20.0. The van der Waals surface area contributed by atoms with Gasteiger partial charge in [-0.1, -0.05) is 42.0 Å². The molecule has 35 heavy (non-hydrogen) atoms. The van der Waals surface area contributed by atoms with Crippen molar-refractivity contribution in [2.45, 2.75) is 32.7 Å². The lowest BCUT2D eigenvalue weighted by atomic mass is 10.00. The van der Waals surface area contributed by atoms with Crippen molar-refractivity contribution in [1.82, 2.24) is 24.9 Å². The molecule has 2 aliphatic rings. The number of nitrogens with one attached hydrogen (secondary N) is 1. The van der Waals surface area contributed by atoms with E-state index in [1.165, 1.54) is 4.90 Å². The number of hydrogen-bond acceptors (Lipinski definition) is 4. The topological polar surface area (TPSA) is 87.5 Å². The first-order valence-corrected chi connectivity index (χ1v) is 12.0. The first kappa shape index (κ1) is 22.8. The third-order valence-electron chi connectivity index (χ3n) is 6.56. The van der Waals surface area contributed by atoms with Gasteiger partial charge in [-0.15, -0.1) is 0 Å². The van der Waals surface area contributed by atoms with E-state index in [9.17, 15) is 14.4 Å². The molecule has 1 aliphatic heterocycles. The molecule has 2 heterocycles. The van der Waals surface area contributed by atoms with Gasteiger partial charge in [0.15, 0.2) is 0 Å². The molecule has 0 bridgehead atoms. The minimum absolute atomic E-state index is 0.128. The molecular weight excluding hydrogens is 442 g/mol. The molecule has 8 heteroatoms. The Labute approximate surface area is 204 Å². The summed E-state index contributed by atoms with van der Waals surface area (Å²) in [5, 5.41) is 7.55. The van der Waals surface area contributed by atoms with E-state index in [-0.39, 0.29) is 11.9 Å². The molecule has 3 amide bonds. The van der Waals surface area contributed by atoms with Crippen LogP contribution in [0.2, 0.25) is 0 Å². The van der Waals surface area contributed by atoms with Gasteiger partial charge >= 0.3 is 11.8 Å². The van der Waals surface area contributed by atoms with Crippen molar-refractivity contribution >= 4 is 17.7 Å². The second-order valence-corrected chi connectivity index (χ2v) is 9.32. The summed E-state index contributed by atoms with van der Waals surface area (Å²) in [6, 6.07) is 16.0. The van der Waals surface area contributed by atoms with E-state index in [1.807, 2.05) is 56.3 Å². The van der Waals surface area contributed by atoms with Gasteiger partial charge in [0.2, 0.25) is 0 Å². The number of para-hydroxylation sites is 1. The highest BCUT2D eigenvalue weighted by atomic mass is 16.2. The highest BCUT2D eigenvalue weighted by Crippen LogP contribution is 2.29. The predicted octanol–water partition coefficient (Wildman–Crippen LogP) is 2.72. The fraction of sp³-hybridized carbons (Fsp3) is 0.333. The summed E-state index contributed by atoms with van der Waals surface area (Å²) in [4.78, 5) is 41.5. The lowest BCUT2D eigenvalue weighted by Crippen LogP contribution is -2.54. The number of piperazine rings is 1. The van der Waals surface area contributed by atoms with Crippen LogP contribution in [-0.2, 0) is 9.59 Å². The number of hydrogen-bond donors (Lipinski definition) is 1. The Morgan fingerprint density at radius 2 is 1.60 bits per heavy atom. The minimum Gasteiger partial charge on any atom is -0.345 e. The van der Waals surface area contributed by atoms with Crippen LogP contribution >= 0.6 is 0 Å². The van der Waals surface area contributed by atoms with Crippen LogP contribution in [0, 0.1) is 13.8 Å². The van der Waals surface area contributed by atoms with Crippen molar-refractivity contribution in [3.05, 3.63) is 71.4 Å². The highest BCUT2D eigenvalue weighted by Gasteiger charge is 2.32. The summed E-state index contributed by atoms with van der Waals surface area (Å²) in [7, 11) is 0. The zero-order valence-electron chi connectivity index (χ0n) is 20.0. The van der Waals surface area contributed by atoms with Crippen molar-refractivity contribution < 1.29 is 14.4 Å². The summed E-state index contributed by atoms with van der Waals surface area (Å²) in [6.45, 7) is 5.45. The van der Waals surface area contributed by atoms with Gasteiger partial charge < -0.3 is 15.1 Å². The molecule has 0 spiro atoms. The van der Waals surface area contributed by atoms with Crippen LogP contribution in [0.5, 0.6) is 0 Å². The smallest absolute Gasteiger partial charge is 0.312 e. The van der Waals surface area contributed by atoms with E-state index < -0.39 is 11.8 Å². The van der Waals surface area contributed by atoms with Gasteiger partial charge in [0.1, 0.15) is 5.69 Å². The van der Waals surface area contributed by atoms with E-state index in [2.05, 4.69) is 11.4 Å². The number of nitrogens with zero attached hydrogens (tertiary/aromatic N) is 4. The van der Waals surface area contributed by atoms with Crippen LogP contribution in [0.1, 0.15) is 34.3 Å². The molecule has 0 unspecified atom stereocenters. The van der Waals surface area contributed by atoms with Gasteiger partial charge in [-0.3, -0.25) is 14.4 Å². The van der Waals surface area contributed by atoms with E-state index in [0.717, 1.165) is 35.2 Å². The molecule has 3 aromatic rings. The average Bonchev–Trinajstić information content (AvgIpc) is 3.58. The zero-order chi connectivity index (χ0) is 24.5. The minimum atomic E-state index is -0.548. The Morgan fingerprint density at radius 3 is 2.26 bits per heavy atom. The van der Waals surface area contributed by atoms with E-state index in [4.69, 9.17) is 5.10 Å². The van der Waals surface area contributed by atoms with Crippen LogP contribution in [0.15, 0.2) is 54.7 Å². The molecule has 1 N–H and O–H groups in total. The SMILES string of the molecule is Cc1ccc(-c2nn(-c3ccccc3)cc2C(=O)N2CCN(C(=O)C(=O)NC3CC3)CC2)c(C)c1. The Kier molecular flexibility index (Phi) is 6.11. The summed E-state index contributed by atoms with van der Waals surface area (Å²) in [6.07, 6.45) is 3.65. The van der Waals surface area contributed by atoms with Gasteiger partial charge in [-0.2, -0.15) is 5.10 Å². The van der Waals surface area contributed by atoms with E-state index in [0.29, 0.717) is 37.4 Å². The maximum atomic E-state index is 13.7. The monoisotopic (exact) mass is 471 g/mol. The third-order valence-corrected chi connectivity index (χ3v) is 6.56. The number of aryl methyl sites for hydroxylation is 2. The fourth-order valence-electron chi connectivity index (χ4n) is 4.42. The van der Waals surface area contributed by atoms with Crippen molar-refractivity contribution in [3.8, 4) is 16.9 Å². The Hall–Kier alpha value is -3.94. The molecule has 180 valence electrons. The van der Waals surface area contributed by atoms with Crippen LogP contribution in [-0.4, -0.2) is 69.5 Å². The van der Waals surface area contributed by atoms with Crippen LogP contribution in [0.25, 0.3) is 16.9 Å². The fourth-order valence-corrected chi connectivity index (χ4v) is 4.42. The van der Waals surface area contributed by atoms with Crippen LogP contribution in [0.4, 0.5) is 0 Å². The molecule has 0 radical (unpaired) electrons. The normalized spacial score (nSPS) is 15.7. The average molecular weight is 472 g/mol. The standard InChI is InChI=1S/C27H29N5O3/c1-18-8-11-22(19(2)16-18)24-23(17-32(29-24)21-6-4-3-5-7-21)26(34)30-12-14-31(15-13-30)27(35)25(33)28-20-9-10-20/h3-8,11,16-17,20H,9-10,12-15H2,1-2H3,(H,28,33). The number of amides is 3. The van der Waals surface area contributed by atoms with Gasteiger partial charge in [0, 0.05) is 44.0 Å². The Morgan fingerprint density at radius 1 is 0.914 bits per heavy atom. The van der Waals surface area contributed by atoms with Crippen LogP contribution in [0.3, 0.4) is 0 Å². The summed E-state index contributed by atoms with van der Waals surface area (Å²) in [5.41, 5.74) is 5.14. The first-order valence-electron chi connectivity index (χ1n) is 12.0. The molecular formula is C27H29N5O3. The number of benzene rings is 2. The quantitative estimate of drug-likeness (QED) is 0.593. The highest BCUT2D eigenvalue weighted by molar-refractivity contribution is 6.35. The van der Waals surface area contributed by atoms with Crippen molar-refractivity contribution in [3.63, 3.8) is 0 Å². The number of aromatic nitrogens is 2. The third kappa shape index (κ3) is 4.82. The maximum absolute atomic E-state index is 13.7. The summed E-state index contributed by atoms with van der Waals surface area (Å²) in [5.74, 6) is -1.19. The second kappa shape index (κ2) is 9.37. The van der Waals surface area contributed by atoms with Crippen molar-refractivity contribution in [2.24, 2.45) is 0 Å².